The van der Waals surface area contributed by atoms with E-state index in [0.29, 0.717) is 13.0 Å². The highest BCUT2D eigenvalue weighted by atomic mass is 16.2. The molecule has 0 aliphatic carbocycles. The van der Waals surface area contributed by atoms with Crippen molar-refractivity contribution in [2.45, 2.75) is 32.7 Å². The zero-order chi connectivity index (χ0) is 22.4. The molecule has 0 bridgehead atoms. The maximum atomic E-state index is 12.9. The summed E-state index contributed by atoms with van der Waals surface area (Å²) in [6, 6.07) is 16.4. The molecule has 3 aromatic rings. The first-order valence-electron chi connectivity index (χ1n) is 10.5. The maximum absolute atomic E-state index is 12.9. The van der Waals surface area contributed by atoms with Crippen molar-refractivity contribution < 1.29 is 14.4 Å². The first kappa shape index (κ1) is 22.3. The Morgan fingerprint density at radius 3 is 2.39 bits per heavy atom. The number of Topliss-reactive ketones (excluding diaryl/α,β-unsaturated/α-hetero) is 1. The summed E-state index contributed by atoms with van der Waals surface area (Å²) in [7, 11) is 1.52. The number of rotatable bonds is 9. The number of para-hydroxylation sites is 1. The minimum atomic E-state index is -0.713. The van der Waals surface area contributed by atoms with Gasteiger partial charge >= 0.3 is 0 Å². The third-order valence-electron chi connectivity index (χ3n) is 5.45. The Bertz CT molecular complexity index is 1060. The molecule has 2 aromatic carbocycles. The predicted molar refractivity (Wildman–Crippen MR) is 122 cm³/mol. The summed E-state index contributed by atoms with van der Waals surface area (Å²) in [6.45, 7) is 4.19. The smallest absolute Gasteiger partial charge is 0.290 e. The number of hydrogen-bond acceptors (Lipinski definition) is 3. The SMILES string of the molecule is CC(C)[C@@H](C(=O)NCCc1c[nH]c2ccccc12)N(C)C(=O)C(=O)Cc1ccccc1. The van der Waals surface area contributed by atoms with Crippen LogP contribution in [0.2, 0.25) is 0 Å². The van der Waals surface area contributed by atoms with E-state index in [2.05, 4.69) is 10.3 Å². The van der Waals surface area contributed by atoms with Gasteiger partial charge in [-0.25, -0.2) is 0 Å². The predicted octanol–water partition coefficient (Wildman–Crippen LogP) is 3.12. The summed E-state index contributed by atoms with van der Waals surface area (Å²) >= 11 is 0. The van der Waals surface area contributed by atoms with Crippen molar-refractivity contribution in [3.05, 3.63) is 71.9 Å². The molecular weight excluding hydrogens is 390 g/mol. The van der Waals surface area contributed by atoms with E-state index in [1.54, 1.807) is 0 Å². The van der Waals surface area contributed by atoms with Crippen molar-refractivity contribution in [3.63, 3.8) is 0 Å². The van der Waals surface area contributed by atoms with Crippen LogP contribution in [0, 0.1) is 5.92 Å². The zero-order valence-electron chi connectivity index (χ0n) is 18.2. The van der Waals surface area contributed by atoms with Crippen LogP contribution in [0.5, 0.6) is 0 Å². The first-order chi connectivity index (χ1) is 14.9. The Morgan fingerprint density at radius 1 is 1.00 bits per heavy atom. The van der Waals surface area contributed by atoms with Gasteiger partial charge in [0.15, 0.2) is 0 Å². The van der Waals surface area contributed by atoms with Gasteiger partial charge in [-0.3, -0.25) is 14.4 Å². The fourth-order valence-electron chi connectivity index (χ4n) is 3.87. The van der Waals surface area contributed by atoms with Gasteiger partial charge in [0.2, 0.25) is 11.7 Å². The number of nitrogens with one attached hydrogen (secondary N) is 2. The van der Waals surface area contributed by atoms with E-state index in [-0.39, 0.29) is 18.2 Å². The second-order valence-electron chi connectivity index (χ2n) is 8.09. The molecule has 0 fully saturated rings. The number of benzene rings is 2. The number of likely N-dealkylation sites (N-methyl/N-ethyl adjacent to an activating group) is 1. The molecule has 3 rings (SSSR count). The highest BCUT2D eigenvalue weighted by molar-refractivity contribution is 6.36. The van der Waals surface area contributed by atoms with E-state index in [0.717, 1.165) is 22.0 Å². The molecule has 0 aliphatic rings. The molecule has 0 saturated heterocycles. The van der Waals surface area contributed by atoms with E-state index >= 15 is 0 Å². The molecule has 0 unspecified atom stereocenters. The molecule has 1 aromatic heterocycles. The number of aromatic nitrogens is 1. The Morgan fingerprint density at radius 2 is 1.68 bits per heavy atom. The van der Waals surface area contributed by atoms with Gasteiger partial charge in [0.25, 0.3) is 5.91 Å². The van der Waals surface area contributed by atoms with Gasteiger partial charge in [-0.15, -0.1) is 0 Å². The van der Waals surface area contributed by atoms with Crippen molar-refractivity contribution in [2.75, 3.05) is 13.6 Å². The summed E-state index contributed by atoms with van der Waals surface area (Å²) in [5.74, 6) is -1.55. The number of carbonyl (C=O) groups excluding carboxylic acids is 3. The van der Waals surface area contributed by atoms with Crippen molar-refractivity contribution in [3.8, 4) is 0 Å². The van der Waals surface area contributed by atoms with Gasteiger partial charge < -0.3 is 15.2 Å². The highest BCUT2D eigenvalue weighted by Crippen LogP contribution is 2.18. The number of hydrogen-bond donors (Lipinski definition) is 2. The van der Waals surface area contributed by atoms with E-state index in [1.165, 1.54) is 11.9 Å². The molecule has 2 amide bonds. The average Bonchev–Trinajstić information content (AvgIpc) is 3.17. The largest absolute Gasteiger partial charge is 0.361 e. The molecule has 0 saturated carbocycles. The number of fused-ring (bicyclic) bond motifs is 1. The quantitative estimate of drug-likeness (QED) is 0.523. The Hall–Kier alpha value is -3.41. The van der Waals surface area contributed by atoms with Crippen LogP contribution < -0.4 is 5.32 Å². The third-order valence-corrected chi connectivity index (χ3v) is 5.45. The van der Waals surface area contributed by atoms with Crippen molar-refractivity contribution >= 4 is 28.5 Å². The van der Waals surface area contributed by atoms with Crippen LogP contribution in [0.1, 0.15) is 25.0 Å². The van der Waals surface area contributed by atoms with Crippen molar-refractivity contribution in [2.24, 2.45) is 5.92 Å². The Kier molecular flexibility index (Phi) is 7.23. The number of ketones is 1. The van der Waals surface area contributed by atoms with Gasteiger partial charge in [0, 0.05) is 37.1 Å². The van der Waals surface area contributed by atoms with Crippen LogP contribution in [0.25, 0.3) is 10.9 Å². The summed E-state index contributed by atoms with van der Waals surface area (Å²) < 4.78 is 0. The Labute approximate surface area is 182 Å². The van der Waals surface area contributed by atoms with Crippen molar-refractivity contribution in [1.82, 2.24) is 15.2 Å². The fourth-order valence-corrected chi connectivity index (χ4v) is 3.87. The highest BCUT2D eigenvalue weighted by Gasteiger charge is 2.32. The molecule has 31 heavy (non-hydrogen) atoms. The van der Waals surface area contributed by atoms with Crippen LogP contribution in [-0.2, 0) is 27.2 Å². The second kappa shape index (κ2) is 10.1. The number of carbonyl (C=O) groups is 3. The summed E-state index contributed by atoms with van der Waals surface area (Å²) in [4.78, 5) is 42.6. The van der Waals surface area contributed by atoms with E-state index in [9.17, 15) is 14.4 Å². The minimum Gasteiger partial charge on any atom is -0.361 e. The minimum absolute atomic E-state index is 0.0248. The van der Waals surface area contributed by atoms with Crippen molar-refractivity contribution in [1.29, 1.82) is 0 Å². The standard InChI is InChI=1S/C25H29N3O3/c1-17(2)23(28(3)25(31)22(29)15-18-9-5-4-6-10-18)24(30)26-14-13-19-16-27-21-12-8-7-11-20(19)21/h4-12,16-17,23,27H,13-15H2,1-3H3,(H,26,30)/t23-/m0/s1. The lowest BCUT2D eigenvalue weighted by atomic mass is 10.0. The van der Waals surface area contributed by atoms with Crippen LogP contribution >= 0.6 is 0 Å². The number of amides is 2. The number of H-pyrrole nitrogens is 1. The molecule has 0 radical (unpaired) electrons. The Balaban J connectivity index is 1.59. The van der Waals surface area contributed by atoms with Crippen LogP contribution in [0.3, 0.4) is 0 Å². The van der Waals surface area contributed by atoms with Gasteiger partial charge in [-0.1, -0.05) is 62.4 Å². The maximum Gasteiger partial charge on any atom is 0.290 e. The summed E-state index contributed by atoms with van der Waals surface area (Å²) in [5.41, 5.74) is 2.96. The first-order valence-corrected chi connectivity index (χ1v) is 10.5. The van der Waals surface area contributed by atoms with Gasteiger partial charge in [0.05, 0.1) is 0 Å². The lowest BCUT2D eigenvalue weighted by Crippen LogP contribution is -2.52. The topological polar surface area (TPSA) is 82.3 Å². The van der Waals surface area contributed by atoms with E-state index < -0.39 is 17.7 Å². The zero-order valence-corrected chi connectivity index (χ0v) is 18.2. The lowest BCUT2D eigenvalue weighted by Gasteiger charge is -2.29. The number of nitrogens with zero attached hydrogens (tertiary/aromatic N) is 1. The number of aromatic amines is 1. The van der Waals surface area contributed by atoms with Crippen LogP contribution in [0.15, 0.2) is 60.8 Å². The second-order valence-corrected chi connectivity index (χ2v) is 8.09. The lowest BCUT2D eigenvalue weighted by molar-refractivity contribution is -0.148. The van der Waals surface area contributed by atoms with Gasteiger partial charge in [0.1, 0.15) is 6.04 Å². The fraction of sp³-hybridized carbons (Fsp3) is 0.320. The molecule has 6 nitrogen and oxygen atoms in total. The average molecular weight is 420 g/mol. The third kappa shape index (κ3) is 5.40. The molecule has 0 spiro atoms. The van der Waals surface area contributed by atoms with Crippen LogP contribution in [0.4, 0.5) is 0 Å². The molecule has 6 heteroatoms. The van der Waals surface area contributed by atoms with E-state index in [4.69, 9.17) is 0 Å². The molecule has 0 aliphatic heterocycles. The molecule has 1 heterocycles. The van der Waals surface area contributed by atoms with Gasteiger partial charge in [-0.05, 0) is 29.5 Å². The normalized spacial score (nSPS) is 12.0. The molecule has 162 valence electrons. The monoisotopic (exact) mass is 419 g/mol. The molecule has 1 atom stereocenters. The molecular formula is C25H29N3O3. The summed E-state index contributed by atoms with van der Waals surface area (Å²) in [6.07, 6.45) is 2.65. The van der Waals surface area contributed by atoms with Crippen LogP contribution in [-0.4, -0.2) is 47.1 Å². The van der Waals surface area contributed by atoms with Gasteiger partial charge in [-0.2, -0.15) is 0 Å². The summed E-state index contributed by atoms with van der Waals surface area (Å²) in [5, 5.41) is 4.07. The van der Waals surface area contributed by atoms with E-state index in [1.807, 2.05) is 74.6 Å². The molecule has 2 N–H and O–H groups in total.